The summed E-state index contributed by atoms with van der Waals surface area (Å²) in [6.45, 7) is 1.87. The first-order chi connectivity index (χ1) is 7.17. The van der Waals surface area contributed by atoms with E-state index in [1.165, 1.54) is 0 Å². The van der Waals surface area contributed by atoms with Gasteiger partial charge in [-0.15, -0.1) is 0 Å². The Morgan fingerprint density at radius 1 is 1.20 bits per heavy atom. The van der Waals surface area contributed by atoms with Crippen molar-refractivity contribution in [2.45, 2.75) is 12.8 Å². The van der Waals surface area contributed by atoms with Gasteiger partial charge in [0.2, 0.25) is 5.91 Å². The van der Waals surface area contributed by atoms with Crippen molar-refractivity contribution >= 4 is 11.6 Å². The molecule has 0 aliphatic carbocycles. The molecule has 1 atom stereocenters. The van der Waals surface area contributed by atoms with Crippen molar-refractivity contribution in [2.75, 3.05) is 19.5 Å². The highest BCUT2D eigenvalue weighted by Gasteiger charge is 2.28. The third-order valence-corrected chi connectivity index (χ3v) is 2.67. The molecule has 1 unspecified atom stereocenters. The van der Waals surface area contributed by atoms with E-state index in [1.54, 1.807) is 20.3 Å². The summed E-state index contributed by atoms with van der Waals surface area (Å²) in [6, 6.07) is 3.63. The molecule has 2 rings (SSSR count). The zero-order valence-electron chi connectivity index (χ0n) is 8.96. The fourth-order valence-corrected chi connectivity index (χ4v) is 1.74. The van der Waals surface area contributed by atoms with Gasteiger partial charge in [0.15, 0.2) is 11.5 Å². The summed E-state index contributed by atoms with van der Waals surface area (Å²) < 4.78 is 10.3. The SMILES string of the molecule is COc1cc2c(cc1OC)C(C)C(=O)N2. The van der Waals surface area contributed by atoms with Crippen molar-refractivity contribution < 1.29 is 14.3 Å². The summed E-state index contributed by atoms with van der Waals surface area (Å²) >= 11 is 0. The van der Waals surface area contributed by atoms with Crippen LogP contribution in [0.25, 0.3) is 0 Å². The van der Waals surface area contributed by atoms with Crippen molar-refractivity contribution in [1.82, 2.24) is 0 Å². The van der Waals surface area contributed by atoms with Gasteiger partial charge in [0.1, 0.15) is 0 Å². The number of hydrogen-bond acceptors (Lipinski definition) is 3. The molecule has 0 fully saturated rings. The third kappa shape index (κ3) is 1.42. The predicted octanol–water partition coefficient (Wildman–Crippen LogP) is 1.76. The van der Waals surface area contributed by atoms with Gasteiger partial charge >= 0.3 is 0 Å². The molecule has 15 heavy (non-hydrogen) atoms. The van der Waals surface area contributed by atoms with Crippen LogP contribution in [0.1, 0.15) is 18.4 Å². The van der Waals surface area contributed by atoms with Gasteiger partial charge in [0, 0.05) is 11.8 Å². The summed E-state index contributed by atoms with van der Waals surface area (Å²) in [5.74, 6) is 1.17. The molecule has 0 bridgehead atoms. The number of benzene rings is 1. The number of anilines is 1. The highest BCUT2D eigenvalue weighted by molar-refractivity contribution is 6.03. The fraction of sp³-hybridized carbons (Fsp3) is 0.364. The Labute approximate surface area is 88.2 Å². The van der Waals surface area contributed by atoms with Crippen LogP contribution in [0.15, 0.2) is 12.1 Å². The summed E-state index contributed by atoms with van der Waals surface area (Å²) in [6.07, 6.45) is 0. The normalized spacial score (nSPS) is 18.3. The molecule has 4 nitrogen and oxygen atoms in total. The van der Waals surface area contributed by atoms with Crippen LogP contribution in [-0.2, 0) is 4.79 Å². The van der Waals surface area contributed by atoms with Gasteiger partial charge in [-0.1, -0.05) is 0 Å². The van der Waals surface area contributed by atoms with E-state index in [4.69, 9.17) is 9.47 Å². The lowest BCUT2D eigenvalue weighted by atomic mass is 10.0. The fourth-order valence-electron chi connectivity index (χ4n) is 1.74. The van der Waals surface area contributed by atoms with Gasteiger partial charge in [-0.3, -0.25) is 4.79 Å². The second-order valence-electron chi connectivity index (χ2n) is 3.51. The molecule has 0 saturated heterocycles. The molecule has 1 aliphatic rings. The minimum Gasteiger partial charge on any atom is -0.493 e. The maximum absolute atomic E-state index is 11.4. The Bertz CT molecular complexity index is 415. The Kier molecular flexibility index (Phi) is 2.26. The lowest BCUT2D eigenvalue weighted by Crippen LogP contribution is -2.08. The number of carbonyl (C=O) groups is 1. The molecule has 80 valence electrons. The zero-order valence-corrected chi connectivity index (χ0v) is 8.96. The number of hydrogen-bond donors (Lipinski definition) is 1. The average molecular weight is 207 g/mol. The number of fused-ring (bicyclic) bond motifs is 1. The van der Waals surface area contributed by atoms with Crippen molar-refractivity contribution in [2.24, 2.45) is 0 Å². The second-order valence-corrected chi connectivity index (χ2v) is 3.51. The summed E-state index contributed by atoms with van der Waals surface area (Å²) in [5.41, 5.74) is 1.77. The molecule has 0 saturated carbocycles. The van der Waals surface area contributed by atoms with E-state index in [2.05, 4.69) is 5.32 Å². The first-order valence-corrected chi connectivity index (χ1v) is 4.74. The van der Waals surface area contributed by atoms with E-state index < -0.39 is 0 Å². The number of amides is 1. The Morgan fingerprint density at radius 2 is 1.80 bits per heavy atom. The van der Waals surface area contributed by atoms with Gasteiger partial charge in [-0.25, -0.2) is 0 Å². The highest BCUT2D eigenvalue weighted by atomic mass is 16.5. The van der Waals surface area contributed by atoms with E-state index in [9.17, 15) is 4.79 Å². The zero-order chi connectivity index (χ0) is 11.0. The topological polar surface area (TPSA) is 47.6 Å². The lowest BCUT2D eigenvalue weighted by molar-refractivity contribution is -0.116. The molecular formula is C11H13NO3. The molecule has 0 radical (unpaired) electrons. The molecule has 4 heteroatoms. The number of rotatable bonds is 2. The number of methoxy groups -OCH3 is 2. The first-order valence-electron chi connectivity index (χ1n) is 4.74. The summed E-state index contributed by atoms with van der Waals surface area (Å²) in [4.78, 5) is 11.4. The molecule has 0 aromatic heterocycles. The number of carbonyl (C=O) groups excluding carboxylic acids is 1. The molecule has 1 aromatic rings. The maximum atomic E-state index is 11.4. The smallest absolute Gasteiger partial charge is 0.231 e. The van der Waals surface area contributed by atoms with Crippen LogP contribution < -0.4 is 14.8 Å². The van der Waals surface area contributed by atoms with Crippen LogP contribution in [0.2, 0.25) is 0 Å². The van der Waals surface area contributed by atoms with Gasteiger partial charge in [-0.05, 0) is 18.6 Å². The van der Waals surface area contributed by atoms with Crippen molar-refractivity contribution in [1.29, 1.82) is 0 Å². The molecule has 1 heterocycles. The average Bonchev–Trinajstić information content (AvgIpc) is 2.53. The van der Waals surface area contributed by atoms with Gasteiger partial charge in [0.25, 0.3) is 0 Å². The monoisotopic (exact) mass is 207 g/mol. The van der Waals surface area contributed by atoms with Crippen LogP contribution >= 0.6 is 0 Å². The molecule has 1 N–H and O–H groups in total. The van der Waals surface area contributed by atoms with Crippen LogP contribution in [0, 0.1) is 0 Å². The Morgan fingerprint density at radius 3 is 2.40 bits per heavy atom. The van der Waals surface area contributed by atoms with E-state index in [1.807, 2.05) is 13.0 Å². The first kappa shape index (κ1) is 9.83. The molecule has 1 aliphatic heterocycles. The minimum absolute atomic E-state index is 0.0142. The Hall–Kier alpha value is -1.71. The van der Waals surface area contributed by atoms with Crippen LogP contribution in [0.3, 0.4) is 0 Å². The van der Waals surface area contributed by atoms with E-state index in [0.717, 1.165) is 11.3 Å². The number of ether oxygens (including phenoxy) is 2. The van der Waals surface area contributed by atoms with Crippen molar-refractivity contribution in [3.05, 3.63) is 17.7 Å². The van der Waals surface area contributed by atoms with Crippen molar-refractivity contribution in [3.63, 3.8) is 0 Å². The van der Waals surface area contributed by atoms with Crippen LogP contribution in [0.5, 0.6) is 11.5 Å². The van der Waals surface area contributed by atoms with E-state index in [0.29, 0.717) is 11.5 Å². The predicted molar refractivity (Wildman–Crippen MR) is 56.6 cm³/mol. The van der Waals surface area contributed by atoms with Gasteiger partial charge in [-0.2, -0.15) is 0 Å². The minimum atomic E-state index is -0.125. The molecule has 1 amide bonds. The van der Waals surface area contributed by atoms with Crippen LogP contribution in [0.4, 0.5) is 5.69 Å². The van der Waals surface area contributed by atoms with Gasteiger partial charge < -0.3 is 14.8 Å². The summed E-state index contributed by atoms with van der Waals surface area (Å²) in [5, 5.41) is 2.80. The van der Waals surface area contributed by atoms with Crippen LogP contribution in [-0.4, -0.2) is 20.1 Å². The van der Waals surface area contributed by atoms with E-state index in [-0.39, 0.29) is 11.8 Å². The molecule has 0 spiro atoms. The quantitative estimate of drug-likeness (QED) is 0.803. The summed E-state index contributed by atoms with van der Waals surface area (Å²) in [7, 11) is 3.16. The highest BCUT2D eigenvalue weighted by Crippen LogP contribution is 2.40. The van der Waals surface area contributed by atoms with Crippen molar-refractivity contribution in [3.8, 4) is 11.5 Å². The maximum Gasteiger partial charge on any atom is 0.231 e. The largest absolute Gasteiger partial charge is 0.493 e. The second kappa shape index (κ2) is 3.46. The number of nitrogens with one attached hydrogen (secondary N) is 1. The molecular weight excluding hydrogens is 194 g/mol. The lowest BCUT2D eigenvalue weighted by Gasteiger charge is -2.10. The van der Waals surface area contributed by atoms with E-state index >= 15 is 0 Å². The van der Waals surface area contributed by atoms with Gasteiger partial charge in [0.05, 0.1) is 20.1 Å². The molecule has 1 aromatic carbocycles. The standard InChI is InChI=1S/C11H13NO3/c1-6-7-4-9(14-2)10(15-3)5-8(7)12-11(6)13/h4-6H,1-3H3,(H,12,13). The Balaban J connectivity index is 2.53. The third-order valence-electron chi connectivity index (χ3n) is 2.67.